The number of ether oxygens (including phenoxy) is 1. The van der Waals surface area contributed by atoms with Gasteiger partial charge in [0, 0.05) is 37.8 Å². The molecule has 1 N–H and O–H groups in total. The summed E-state index contributed by atoms with van der Waals surface area (Å²) in [6.45, 7) is 8.94. The Morgan fingerprint density at radius 3 is 2.48 bits per heavy atom. The molecular formula is C20H27N5O2. The van der Waals surface area contributed by atoms with Gasteiger partial charge in [-0.25, -0.2) is 9.97 Å². The first kappa shape index (κ1) is 18.9. The second-order valence-electron chi connectivity index (χ2n) is 7.61. The van der Waals surface area contributed by atoms with E-state index in [0.29, 0.717) is 24.6 Å². The highest BCUT2D eigenvalue weighted by Gasteiger charge is 2.25. The highest BCUT2D eigenvalue weighted by atomic mass is 16.5. The van der Waals surface area contributed by atoms with Gasteiger partial charge in [0.25, 0.3) is 5.91 Å². The summed E-state index contributed by atoms with van der Waals surface area (Å²) in [5.74, 6) is 1.45. The SMILES string of the molecule is COc1ccccc1N1CCN(C(=O)c2cc(NC(C)(C)C)ncn2)CC1. The second kappa shape index (κ2) is 7.82. The van der Waals surface area contributed by atoms with E-state index in [1.807, 2.05) is 49.9 Å². The van der Waals surface area contributed by atoms with Crippen molar-refractivity contribution in [2.45, 2.75) is 26.3 Å². The zero-order valence-electron chi connectivity index (χ0n) is 16.4. The van der Waals surface area contributed by atoms with Gasteiger partial charge in [-0.05, 0) is 32.9 Å². The molecule has 2 heterocycles. The number of hydrogen-bond acceptors (Lipinski definition) is 6. The van der Waals surface area contributed by atoms with E-state index in [4.69, 9.17) is 4.74 Å². The number of carbonyl (C=O) groups excluding carboxylic acids is 1. The molecule has 3 rings (SSSR count). The Hall–Kier alpha value is -2.83. The maximum absolute atomic E-state index is 12.8. The topological polar surface area (TPSA) is 70.6 Å². The summed E-state index contributed by atoms with van der Waals surface area (Å²) in [5, 5.41) is 3.28. The van der Waals surface area contributed by atoms with E-state index in [2.05, 4.69) is 20.2 Å². The van der Waals surface area contributed by atoms with Crippen molar-refractivity contribution in [3.8, 4) is 5.75 Å². The molecule has 1 aliphatic heterocycles. The monoisotopic (exact) mass is 369 g/mol. The Balaban J connectivity index is 1.66. The number of aromatic nitrogens is 2. The lowest BCUT2D eigenvalue weighted by atomic mass is 10.1. The number of amides is 1. The van der Waals surface area contributed by atoms with Crippen LogP contribution in [-0.2, 0) is 0 Å². The van der Waals surface area contributed by atoms with E-state index in [0.717, 1.165) is 24.5 Å². The molecular weight excluding hydrogens is 342 g/mol. The quantitative estimate of drug-likeness (QED) is 0.893. The minimum atomic E-state index is -0.130. The molecule has 1 fully saturated rings. The maximum atomic E-state index is 12.8. The van der Waals surface area contributed by atoms with Gasteiger partial charge < -0.3 is 19.9 Å². The number of nitrogens with one attached hydrogen (secondary N) is 1. The Bertz CT molecular complexity index is 795. The van der Waals surface area contributed by atoms with Crippen molar-refractivity contribution in [3.63, 3.8) is 0 Å². The Kier molecular flexibility index (Phi) is 5.48. The van der Waals surface area contributed by atoms with Gasteiger partial charge in [0.05, 0.1) is 12.8 Å². The van der Waals surface area contributed by atoms with Crippen LogP contribution in [0.25, 0.3) is 0 Å². The van der Waals surface area contributed by atoms with Gasteiger partial charge in [0.1, 0.15) is 23.6 Å². The molecule has 7 heteroatoms. The van der Waals surface area contributed by atoms with Crippen LogP contribution in [0.2, 0.25) is 0 Å². The van der Waals surface area contributed by atoms with Crippen molar-refractivity contribution in [3.05, 3.63) is 42.4 Å². The van der Waals surface area contributed by atoms with Crippen LogP contribution < -0.4 is 15.0 Å². The number of piperazine rings is 1. The minimum Gasteiger partial charge on any atom is -0.495 e. The number of hydrogen-bond donors (Lipinski definition) is 1. The molecule has 0 bridgehead atoms. The summed E-state index contributed by atoms with van der Waals surface area (Å²) < 4.78 is 5.45. The summed E-state index contributed by atoms with van der Waals surface area (Å²) in [7, 11) is 1.68. The van der Waals surface area contributed by atoms with Crippen LogP contribution in [0, 0.1) is 0 Å². The smallest absolute Gasteiger partial charge is 0.272 e. The fourth-order valence-corrected chi connectivity index (χ4v) is 3.13. The first-order valence-corrected chi connectivity index (χ1v) is 9.15. The van der Waals surface area contributed by atoms with Gasteiger partial charge in [-0.2, -0.15) is 0 Å². The Morgan fingerprint density at radius 2 is 1.81 bits per heavy atom. The number of methoxy groups -OCH3 is 1. The predicted octanol–water partition coefficient (Wildman–Crippen LogP) is 2.66. The molecule has 144 valence electrons. The number of anilines is 2. The number of rotatable bonds is 4. The molecule has 1 aromatic heterocycles. The molecule has 0 unspecified atom stereocenters. The van der Waals surface area contributed by atoms with Crippen molar-refractivity contribution in [2.24, 2.45) is 0 Å². The van der Waals surface area contributed by atoms with Crippen LogP contribution >= 0.6 is 0 Å². The summed E-state index contributed by atoms with van der Waals surface area (Å²) in [5.41, 5.74) is 1.35. The van der Waals surface area contributed by atoms with Crippen molar-refractivity contribution in [1.82, 2.24) is 14.9 Å². The number of para-hydroxylation sites is 2. The van der Waals surface area contributed by atoms with Crippen molar-refractivity contribution < 1.29 is 9.53 Å². The third-order valence-electron chi connectivity index (χ3n) is 4.38. The Morgan fingerprint density at radius 1 is 1.11 bits per heavy atom. The minimum absolute atomic E-state index is 0.0611. The van der Waals surface area contributed by atoms with Crippen molar-refractivity contribution in [2.75, 3.05) is 43.5 Å². The molecule has 0 aliphatic carbocycles. The molecule has 0 atom stereocenters. The number of carbonyl (C=O) groups is 1. The molecule has 2 aromatic rings. The third kappa shape index (κ3) is 4.67. The van der Waals surface area contributed by atoms with E-state index in [1.54, 1.807) is 13.2 Å². The lowest BCUT2D eigenvalue weighted by Gasteiger charge is -2.36. The largest absolute Gasteiger partial charge is 0.495 e. The predicted molar refractivity (Wildman–Crippen MR) is 107 cm³/mol. The molecule has 1 amide bonds. The van der Waals surface area contributed by atoms with Gasteiger partial charge in [-0.3, -0.25) is 4.79 Å². The maximum Gasteiger partial charge on any atom is 0.272 e. The summed E-state index contributed by atoms with van der Waals surface area (Å²) in [6.07, 6.45) is 1.44. The van der Waals surface area contributed by atoms with Crippen LogP contribution in [0.5, 0.6) is 5.75 Å². The highest BCUT2D eigenvalue weighted by Crippen LogP contribution is 2.28. The Labute approximate surface area is 160 Å². The molecule has 27 heavy (non-hydrogen) atoms. The average Bonchev–Trinajstić information content (AvgIpc) is 2.66. The first-order chi connectivity index (χ1) is 12.9. The second-order valence-corrected chi connectivity index (χ2v) is 7.61. The van der Waals surface area contributed by atoms with E-state index in [9.17, 15) is 4.79 Å². The first-order valence-electron chi connectivity index (χ1n) is 9.15. The van der Waals surface area contributed by atoms with Crippen molar-refractivity contribution >= 4 is 17.4 Å². The fraction of sp³-hybridized carbons (Fsp3) is 0.450. The molecule has 1 saturated heterocycles. The van der Waals surface area contributed by atoms with Gasteiger partial charge in [-0.15, -0.1) is 0 Å². The molecule has 0 saturated carbocycles. The summed E-state index contributed by atoms with van der Waals surface area (Å²) in [4.78, 5) is 25.3. The zero-order valence-corrected chi connectivity index (χ0v) is 16.4. The van der Waals surface area contributed by atoms with Crippen LogP contribution in [0.1, 0.15) is 31.3 Å². The molecule has 1 aromatic carbocycles. The van der Waals surface area contributed by atoms with Crippen LogP contribution in [0.15, 0.2) is 36.7 Å². The van der Waals surface area contributed by atoms with Crippen LogP contribution in [-0.4, -0.2) is 59.6 Å². The fourth-order valence-electron chi connectivity index (χ4n) is 3.13. The van der Waals surface area contributed by atoms with Gasteiger partial charge >= 0.3 is 0 Å². The van der Waals surface area contributed by atoms with Crippen LogP contribution in [0.4, 0.5) is 11.5 Å². The van der Waals surface area contributed by atoms with E-state index in [-0.39, 0.29) is 11.4 Å². The van der Waals surface area contributed by atoms with Crippen molar-refractivity contribution in [1.29, 1.82) is 0 Å². The van der Waals surface area contributed by atoms with E-state index >= 15 is 0 Å². The lowest BCUT2D eigenvalue weighted by molar-refractivity contribution is 0.0740. The van der Waals surface area contributed by atoms with E-state index in [1.165, 1.54) is 6.33 Å². The standard InChI is InChI=1S/C20H27N5O2/c1-20(2,3)23-18-13-15(21-14-22-18)19(26)25-11-9-24(10-12-25)16-7-5-6-8-17(16)27-4/h5-8,13-14H,9-12H2,1-4H3,(H,21,22,23). The van der Waals surface area contributed by atoms with Gasteiger partial charge in [0.15, 0.2) is 0 Å². The van der Waals surface area contributed by atoms with Crippen LogP contribution in [0.3, 0.4) is 0 Å². The average molecular weight is 369 g/mol. The third-order valence-corrected chi connectivity index (χ3v) is 4.38. The number of benzene rings is 1. The van der Waals surface area contributed by atoms with Gasteiger partial charge in [0.2, 0.25) is 0 Å². The normalized spacial score (nSPS) is 14.8. The molecule has 0 radical (unpaired) electrons. The molecule has 1 aliphatic rings. The zero-order chi connectivity index (χ0) is 19.4. The number of nitrogens with zero attached hydrogens (tertiary/aromatic N) is 4. The summed E-state index contributed by atoms with van der Waals surface area (Å²) >= 11 is 0. The molecule has 0 spiro atoms. The van der Waals surface area contributed by atoms with E-state index < -0.39 is 0 Å². The molecule has 7 nitrogen and oxygen atoms in total. The lowest BCUT2D eigenvalue weighted by Crippen LogP contribution is -2.49. The summed E-state index contributed by atoms with van der Waals surface area (Å²) in [6, 6.07) is 9.68. The van der Waals surface area contributed by atoms with Gasteiger partial charge in [-0.1, -0.05) is 12.1 Å². The highest BCUT2D eigenvalue weighted by molar-refractivity contribution is 5.93.